The summed E-state index contributed by atoms with van der Waals surface area (Å²) in [5, 5.41) is 18.3. The summed E-state index contributed by atoms with van der Waals surface area (Å²) in [6, 6.07) is 20.8. The lowest BCUT2D eigenvalue weighted by molar-refractivity contribution is -0.384. The van der Waals surface area contributed by atoms with E-state index in [1.54, 1.807) is 28.9 Å². The van der Waals surface area contributed by atoms with Crippen LogP contribution in [0.2, 0.25) is 0 Å². The Labute approximate surface area is 207 Å². The van der Waals surface area contributed by atoms with Crippen LogP contribution in [-0.4, -0.2) is 45.4 Å². The van der Waals surface area contributed by atoms with E-state index in [9.17, 15) is 14.9 Å². The molecular weight excluding hydrogens is 462 g/mol. The minimum Gasteiger partial charge on any atom is -0.460 e. The molecule has 4 aromatic rings. The van der Waals surface area contributed by atoms with Gasteiger partial charge in [-0.05, 0) is 44.2 Å². The highest BCUT2D eigenvalue weighted by atomic mass is 16.6. The van der Waals surface area contributed by atoms with Gasteiger partial charge in [-0.3, -0.25) is 14.9 Å². The molecule has 0 bridgehead atoms. The second-order valence-corrected chi connectivity index (χ2v) is 7.85. The van der Waals surface area contributed by atoms with Crippen molar-refractivity contribution in [3.05, 3.63) is 94.0 Å². The maximum absolute atomic E-state index is 12.6. The monoisotopic (exact) mass is 487 g/mol. The number of nitro groups is 1. The lowest BCUT2D eigenvalue weighted by Gasteiger charge is -2.09. The van der Waals surface area contributed by atoms with Crippen LogP contribution in [0.1, 0.15) is 22.8 Å². The summed E-state index contributed by atoms with van der Waals surface area (Å²) in [7, 11) is 0. The highest BCUT2D eigenvalue weighted by Gasteiger charge is 2.16. The van der Waals surface area contributed by atoms with E-state index in [0.717, 1.165) is 11.1 Å². The Kier molecular flexibility index (Phi) is 7.66. The molecule has 1 amide bonds. The summed E-state index contributed by atoms with van der Waals surface area (Å²) < 4.78 is 12.7. The van der Waals surface area contributed by atoms with E-state index in [2.05, 4.69) is 15.4 Å². The first-order valence-corrected chi connectivity index (χ1v) is 11.4. The minimum atomic E-state index is -0.538. The van der Waals surface area contributed by atoms with Crippen LogP contribution in [-0.2, 0) is 4.74 Å². The molecule has 0 unspecified atom stereocenters. The lowest BCUT2D eigenvalue weighted by atomic mass is 10.1. The molecular formula is C26H25N5O5. The van der Waals surface area contributed by atoms with E-state index in [1.807, 2.05) is 38.1 Å². The van der Waals surface area contributed by atoms with Crippen molar-refractivity contribution in [1.82, 2.24) is 14.8 Å². The van der Waals surface area contributed by atoms with Crippen molar-refractivity contribution in [2.45, 2.75) is 13.8 Å². The first-order chi connectivity index (χ1) is 17.4. The number of anilines is 1. The molecule has 4 rings (SSSR count). The number of nitrogens with zero attached hydrogens (tertiary/aromatic N) is 4. The van der Waals surface area contributed by atoms with Gasteiger partial charge in [0.25, 0.3) is 11.6 Å². The lowest BCUT2D eigenvalue weighted by Crippen LogP contribution is -2.12. The van der Waals surface area contributed by atoms with Crippen molar-refractivity contribution in [3.63, 3.8) is 0 Å². The van der Waals surface area contributed by atoms with Gasteiger partial charge in [-0.15, -0.1) is 5.10 Å². The van der Waals surface area contributed by atoms with Crippen LogP contribution in [0, 0.1) is 17.0 Å². The largest absolute Gasteiger partial charge is 0.460 e. The number of hydrogen-bond donors (Lipinski definition) is 1. The topological polar surface area (TPSA) is 121 Å². The molecule has 36 heavy (non-hydrogen) atoms. The molecule has 1 aromatic heterocycles. The molecule has 0 atom stereocenters. The van der Waals surface area contributed by atoms with Crippen molar-refractivity contribution in [2.24, 2.45) is 0 Å². The molecule has 0 saturated carbocycles. The SMILES string of the molecule is CCOCCOc1nc(-c2ccc(C)cc2)n(-c2ccc(NC(=O)c3cccc([N+](=O)[O-])c3)cc2)n1. The summed E-state index contributed by atoms with van der Waals surface area (Å²) in [5.41, 5.74) is 3.29. The molecule has 0 aliphatic heterocycles. The number of hydrogen-bond acceptors (Lipinski definition) is 7. The smallest absolute Gasteiger partial charge is 0.336 e. The molecule has 3 aromatic carbocycles. The number of aromatic nitrogens is 3. The summed E-state index contributed by atoms with van der Waals surface area (Å²) >= 11 is 0. The molecule has 1 heterocycles. The quantitative estimate of drug-likeness (QED) is 0.193. The number of carbonyl (C=O) groups is 1. The Bertz CT molecular complexity index is 1350. The third-order valence-corrected chi connectivity index (χ3v) is 5.25. The Balaban J connectivity index is 1.56. The van der Waals surface area contributed by atoms with Gasteiger partial charge in [0.05, 0.1) is 17.2 Å². The fourth-order valence-electron chi connectivity index (χ4n) is 3.41. The normalized spacial score (nSPS) is 10.7. The van der Waals surface area contributed by atoms with Gasteiger partial charge in [0.2, 0.25) is 0 Å². The fourth-order valence-corrected chi connectivity index (χ4v) is 3.41. The molecule has 0 fully saturated rings. The van der Waals surface area contributed by atoms with Crippen molar-refractivity contribution in [1.29, 1.82) is 0 Å². The van der Waals surface area contributed by atoms with E-state index >= 15 is 0 Å². The van der Waals surface area contributed by atoms with Gasteiger partial charge >= 0.3 is 6.01 Å². The predicted octanol–water partition coefficient (Wildman–Crippen LogP) is 4.82. The number of benzene rings is 3. The molecule has 0 radical (unpaired) electrons. The van der Waals surface area contributed by atoms with Crippen LogP contribution in [0.5, 0.6) is 6.01 Å². The molecule has 1 N–H and O–H groups in total. The van der Waals surface area contributed by atoms with E-state index in [0.29, 0.717) is 37.0 Å². The minimum absolute atomic E-state index is 0.146. The van der Waals surface area contributed by atoms with Crippen molar-refractivity contribution in [2.75, 3.05) is 25.1 Å². The van der Waals surface area contributed by atoms with Crippen LogP contribution in [0.3, 0.4) is 0 Å². The third kappa shape index (κ3) is 5.91. The molecule has 0 saturated heterocycles. The standard InChI is InChI=1S/C26H25N5O5/c1-3-35-15-16-36-26-28-24(19-9-7-18(2)8-10-19)30(29-26)22-13-11-21(12-14-22)27-25(32)20-5-4-6-23(17-20)31(33)34/h4-14,17H,3,15-16H2,1-2H3,(H,27,32). The average molecular weight is 488 g/mol. The van der Waals surface area contributed by atoms with E-state index in [1.165, 1.54) is 24.3 Å². The molecule has 0 aliphatic carbocycles. The van der Waals surface area contributed by atoms with Gasteiger partial charge in [0.15, 0.2) is 5.82 Å². The van der Waals surface area contributed by atoms with Crippen molar-refractivity contribution >= 4 is 17.3 Å². The fraction of sp³-hybridized carbons (Fsp3) is 0.192. The number of nitrogens with one attached hydrogen (secondary N) is 1. The van der Waals surface area contributed by atoms with E-state index in [4.69, 9.17) is 9.47 Å². The molecule has 0 aliphatic rings. The van der Waals surface area contributed by atoms with Gasteiger partial charge in [0, 0.05) is 35.6 Å². The van der Waals surface area contributed by atoms with Crippen LogP contribution in [0.25, 0.3) is 17.1 Å². The zero-order chi connectivity index (χ0) is 25.5. The number of ether oxygens (including phenoxy) is 2. The number of aryl methyl sites for hydroxylation is 1. The highest BCUT2D eigenvalue weighted by Crippen LogP contribution is 2.25. The van der Waals surface area contributed by atoms with Crippen LogP contribution in [0.15, 0.2) is 72.8 Å². The Hall–Kier alpha value is -4.57. The summed E-state index contributed by atoms with van der Waals surface area (Å²) in [6.45, 7) is 5.29. The van der Waals surface area contributed by atoms with Gasteiger partial charge < -0.3 is 14.8 Å². The number of non-ortho nitro benzene ring substituents is 1. The van der Waals surface area contributed by atoms with E-state index in [-0.39, 0.29) is 17.3 Å². The van der Waals surface area contributed by atoms with E-state index < -0.39 is 10.8 Å². The zero-order valence-electron chi connectivity index (χ0n) is 19.9. The molecule has 0 spiro atoms. The Morgan fingerprint density at radius 3 is 2.50 bits per heavy atom. The zero-order valence-corrected chi connectivity index (χ0v) is 19.9. The number of rotatable bonds is 10. The number of amides is 1. The number of nitro benzene ring substituents is 1. The predicted molar refractivity (Wildman–Crippen MR) is 135 cm³/mol. The molecule has 10 heteroatoms. The first kappa shape index (κ1) is 24.6. The maximum Gasteiger partial charge on any atom is 0.336 e. The first-order valence-electron chi connectivity index (χ1n) is 11.4. The highest BCUT2D eigenvalue weighted by molar-refractivity contribution is 6.04. The number of carbonyl (C=O) groups excluding carboxylic acids is 1. The second kappa shape index (κ2) is 11.2. The maximum atomic E-state index is 12.6. The van der Waals surface area contributed by atoms with Crippen molar-refractivity contribution in [3.8, 4) is 23.1 Å². The van der Waals surface area contributed by atoms with Gasteiger partial charge in [-0.25, -0.2) is 4.68 Å². The van der Waals surface area contributed by atoms with Crippen LogP contribution < -0.4 is 10.1 Å². The summed E-state index contributed by atoms with van der Waals surface area (Å²) in [6.07, 6.45) is 0. The molecule has 10 nitrogen and oxygen atoms in total. The summed E-state index contributed by atoms with van der Waals surface area (Å²) in [4.78, 5) is 27.6. The van der Waals surface area contributed by atoms with Gasteiger partial charge in [-0.2, -0.15) is 4.98 Å². The van der Waals surface area contributed by atoms with Crippen LogP contribution >= 0.6 is 0 Å². The average Bonchev–Trinajstić information content (AvgIpc) is 3.31. The van der Waals surface area contributed by atoms with Gasteiger partial charge in [-0.1, -0.05) is 35.9 Å². The second-order valence-electron chi connectivity index (χ2n) is 7.85. The Morgan fingerprint density at radius 1 is 1.06 bits per heavy atom. The Morgan fingerprint density at radius 2 is 1.81 bits per heavy atom. The molecule has 184 valence electrons. The third-order valence-electron chi connectivity index (χ3n) is 5.25. The summed E-state index contributed by atoms with van der Waals surface area (Å²) in [5.74, 6) is 0.160. The van der Waals surface area contributed by atoms with Crippen LogP contribution in [0.4, 0.5) is 11.4 Å². The van der Waals surface area contributed by atoms with Gasteiger partial charge in [0.1, 0.15) is 6.61 Å². The van der Waals surface area contributed by atoms with Crippen molar-refractivity contribution < 1.29 is 19.2 Å².